The third kappa shape index (κ3) is 0.957. The molecule has 70 valence electrons. The molecule has 2 saturated heterocycles. The van der Waals surface area contributed by atoms with Crippen molar-refractivity contribution in [2.45, 2.75) is 24.5 Å². The minimum Gasteiger partial charge on any atom is -0.368 e. The van der Waals surface area contributed by atoms with Crippen molar-refractivity contribution in [1.29, 1.82) is 0 Å². The molecule has 0 bridgehead atoms. The second kappa shape index (κ2) is 2.56. The number of ether oxygens (including phenoxy) is 1. The summed E-state index contributed by atoms with van der Waals surface area (Å²) in [6, 6.07) is 1.88. The summed E-state index contributed by atoms with van der Waals surface area (Å²) in [6.45, 7) is 1.90. The first-order chi connectivity index (χ1) is 6.41. The van der Waals surface area contributed by atoms with E-state index in [-0.39, 0.29) is 11.6 Å². The van der Waals surface area contributed by atoms with Crippen molar-refractivity contribution in [3.8, 4) is 0 Å². The van der Waals surface area contributed by atoms with Crippen molar-refractivity contribution in [2.24, 2.45) is 0 Å². The lowest BCUT2D eigenvalue weighted by atomic mass is 9.84. The molecule has 0 radical (unpaired) electrons. The van der Waals surface area contributed by atoms with Gasteiger partial charge in [-0.3, -0.25) is 0 Å². The molecule has 4 nitrogen and oxygen atoms in total. The fraction of sp³-hybridized carbons (Fsp3) is 0.667. The lowest BCUT2D eigenvalue weighted by Gasteiger charge is -2.45. The van der Waals surface area contributed by atoms with Gasteiger partial charge in [0.05, 0.1) is 12.1 Å². The molecule has 3 rings (SSSR count). The predicted octanol–water partition coefficient (Wildman–Crippen LogP) is 0.868. The fourth-order valence-corrected chi connectivity index (χ4v) is 2.27. The molecule has 2 atom stereocenters. The van der Waals surface area contributed by atoms with Crippen LogP contribution in [-0.2, 0) is 4.74 Å². The maximum Gasteiger partial charge on any atom is 0.124 e. The summed E-state index contributed by atoms with van der Waals surface area (Å²) in [5, 5.41) is 7.42. The lowest BCUT2D eigenvalue weighted by Crippen LogP contribution is -2.58. The zero-order valence-corrected chi connectivity index (χ0v) is 7.32. The molecule has 1 aromatic heterocycles. The molecule has 1 N–H and O–H groups in total. The van der Waals surface area contributed by atoms with E-state index in [0.717, 1.165) is 18.8 Å². The number of nitrogens with zero attached hydrogens (tertiary/aromatic N) is 1. The Hall–Kier alpha value is -0.870. The molecule has 0 aliphatic carbocycles. The van der Waals surface area contributed by atoms with Gasteiger partial charge in [0.1, 0.15) is 18.1 Å². The molecule has 1 aromatic rings. The first kappa shape index (κ1) is 7.53. The van der Waals surface area contributed by atoms with E-state index in [1.54, 1.807) is 6.26 Å². The van der Waals surface area contributed by atoms with Gasteiger partial charge in [-0.15, -0.1) is 0 Å². The monoisotopic (exact) mass is 180 g/mol. The Bertz CT molecular complexity index is 291. The van der Waals surface area contributed by atoms with Crippen LogP contribution in [0.2, 0.25) is 0 Å². The van der Waals surface area contributed by atoms with Crippen LogP contribution in [0.25, 0.3) is 0 Å². The quantitative estimate of drug-likeness (QED) is 0.696. The average Bonchev–Trinajstić information content (AvgIpc) is 2.72. The van der Waals surface area contributed by atoms with Crippen LogP contribution < -0.4 is 5.32 Å². The van der Waals surface area contributed by atoms with Crippen molar-refractivity contribution in [1.82, 2.24) is 10.5 Å². The summed E-state index contributed by atoms with van der Waals surface area (Å²) in [7, 11) is 0. The molecule has 2 fully saturated rings. The Kier molecular flexibility index (Phi) is 1.48. The van der Waals surface area contributed by atoms with Crippen LogP contribution in [0.3, 0.4) is 0 Å². The molecule has 1 spiro atoms. The van der Waals surface area contributed by atoms with Crippen LogP contribution in [-0.4, -0.2) is 23.8 Å². The van der Waals surface area contributed by atoms with E-state index in [1.165, 1.54) is 12.8 Å². The molecule has 4 heteroatoms. The number of aromatic nitrogens is 1. The minimum atomic E-state index is 0.105. The third-order valence-corrected chi connectivity index (χ3v) is 3.01. The highest BCUT2D eigenvalue weighted by Gasteiger charge is 2.51. The van der Waals surface area contributed by atoms with Crippen molar-refractivity contribution >= 4 is 0 Å². The molecular weight excluding hydrogens is 168 g/mol. The van der Waals surface area contributed by atoms with E-state index in [1.807, 2.05) is 6.07 Å². The Morgan fingerprint density at radius 1 is 1.62 bits per heavy atom. The first-order valence-electron chi connectivity index (χ1n) is 4.68. The Morgan fingerprint density at radius 3 is 3.15 bits per heavy atom. The van der Waals surface area contributed by atoms with Crippen molar-refractivity contribution < 1.29 is 9.26 Å². The molecular formula is C9H12N2O2. The van der Waals surface area contributed by atoms with Crippen LogP contribution in [0, 0.1) is 0 Å². The van der Waals surface area contributed by atoms with Gasteiger partial charge < -0.3 is 14.6 Å². The zero-order chi connectivity index (χ0) is 8.73. The third-order valence-electron chi connectivity index (χ3n) is 3.01. The number of nitrogens with one attached hydrogen (secondary N) is 1. The molecule has 13 heavy (non-hydrogen) atoms. The van der Waals surface area contributed by atoms with Gasteiger partial charge in [0.15, 0.2) is 0 Å². The maximum absolute atomic E-state index is 5.53. The second-order valence-electron chi connectivity index (χ2n) is 3.80. The molecule has 0 amide bonds. The van der Waals surface area contributed by atoms with Gasteiger partial charge >= 0.3 is 0 Å². The normalized spacial score (nSPS) is 38.0. The van der Waals surface area contributed by atoms with Gasteiger partial charge in [-0.05, 0) is 19.4 Å². The Labute approximate surface area is 76.2 Å². The van der Waals surface area contributed by atoms with E-state index in [9.17, 15) is 0 Å². The summed E-state index contributed by atoms with van der Waals surface area (Å²) in [6.07, 6.45) is 4.12. The standard InChI is InChI=1S/C9H12N2O2/c1-3-9(10-4-1)6-12-8(9)7-2-5-13-11-7/h2,5,8,10H,1,3-4,6H2. The van der Waals surface area contributed by atoms with Gasteiger partial charge in [0.25, 0.3) is 0 Å². The van der Waals surface area contributed by atoms with Crippen LogP contribution in [0.15, 0.2) is 16.9 Å². The highest BCUT2D eigenvalue weighted by Crippen LogP contribution is 2.43. The number of hydrogen-bond acceptors (Lipinski definition) is 4. The summed E-state index contributed by atoms with van der Waals surface area (Å²) in [4.78, 5) is 0. The molecule has 3 heterocycles. The summed E-state index contributed by atoms with van der Waals surface area (Å²) in [5.41, 5.74) is 1.08. The predicted molar refractivity (Wildman–Crippen MR) is 45.2 cm³/mol. The second-order valence-corrected chi connectivity index (χ2v) is 3.80. The van der Waals surface area contributed by atoms with Crippen LogP contribution >= 0.6 is 0 Å². The topological polar surface area (TPSA) is 47.3 Å². The smallest absolute Gasteiger partial charge is 0.124 e. The van der Waals surface area contributed by atoms with Gasteiger partial charge in [-0.2, -0.15) is 0 Å². The van der Waals surface area contributed by atoms with Gasteiger partial charge in [-0.1, -0.05) is 5.16 Å². The van der Waals surface area contributed by atoms with E-state index >= 15 is 0 Å². The van der Waals surface area contributed by atoms with Crippen molar-refractivity contribution in [3.05, 3.63) is 18.0 Å². The SMILES string of the molecule is c1cc(C2OCC23CCCN3)no1. The molecule has 0 saturated carbocycles. The Balaban J connectivity index is 1.86. The van der Waals surface area contributed by atoms with Gasteiger partial charge in [-0.25, -0.2) is 0 Å². The van der Waals surface area contributed by atoms with E-state index in [0.29, 0.717) is 0 Å². The van der Waals surface area contributed by atoms with Gasteiger partial charge in [0, 0.05) is 6.07 Å². The number of rotatable bonds is 1. The summed E-state index contributed by atoms with van der Waals surface area (Å²) >= 11 is 0. The van der Waals surface area contributed by atoms with Gasteiger partial charge in [0.2, 0.25) is 0 Å². The van der Waals surface area contributed by atoms with E-state index in [4.69, 9.17) is 9.26 Å². The zero-order valence-electron chi connectivity index (χ0n) is 7.32. The average molecular weight is 180 g/mol. The molecule has 2 unspecified atom stereocenters. The molecule has 2 aliphatic rings. The van der Waals surface area contributed by atoms with Crippen LogP contribution in [0.4, 0.5) is 0 Å². The summed E-state index contributed by atoms with van der Waals surface area (Å²) < 4.78 is 10.3. The lowest BCUT2D eigenvalue weighted by molar-refractivity contribution is -0.148. The fourth-order valence-electron chi connectivity index (χ4n) is 2.27. The summed E-state index contributed by atoms with van der Waals surface area (Å²) in [5.74, 6) is 0. The number of hydrogen-bond donors (Lipinski definition) is 1. The van der Waals surface area contributed by atoms with Crippen LogP contribution in [0.1, 0.15) is 24.6 Å². The highest BCUT2D eigenvalue weighted by atomic mass is 16.5. The molecule has 0 aromatic carbocycles. The van der Waals surface area contributed by atoms with Crippen molar-refractivity contribution in [2.75, 3.05) is 13.2 Å². The minimum absolute atomic E-state index is 0.105. The largest absolute Gasteiger partial charge is 0.368 e. The maximum atomic E-state index is 5.53. The Morgan fingerprint density at radius 2 is 2.62 bits per heavy atom. The highest BCUT2D eigenvalue weighted by molar-refractivity contribution is 5.16. The first-order valence-corrected chi connectivity index (χ1v) is 4.68. The van der Waals surface area contributed by atoms with Crippen molar-refractivity contribution in [3.63, 3.8) is 0 Å². The van der Waals surface area contributed by atoms with Crippen LogP contribution in [0.5, 0.6) is 0 Å². The van der Waals surface area contributed by atoms with E-state index in [2.05, 4.69) is 10.5 Å². The van der Waals surface area contributed by atoms with E-state index < -0.39 is 0 Å². The molecule has 2 aliphatic heterocycles.